The van der Waals surface area contributed by atoms with E-state index >= 15 is 0 Å². The van der Waals surface area contributed by atoms with Gasteiger partial charge in [0.25, 0.3) is 10.0 Å². The summed E-state index contributed by atoms with van der Waals surface area (Å²) < 4.78 is 43.2. The van der Waals surface area contributed by atoms with Gasteiger partial charge in [-0.2, -0.15) is 0 Å². The van der Waals surface area contributed by atoms with Crippen LogP contribution in [0.1, 0.15) is 28.7 Å². The molecule has 0 saturated heterocycles. The number of benzene rings is 4. The van der Waals surface area contributed by atoms with Gasteiger partial charge in [-0.15, -0.1) is 0 Å². The molecule has 2 heterocycles. The SMILES string of the molecule is Cc1ccc(S(=O)(=O)N2C(=O)C[C@]3(C=C2c2ccccc2)C(=O)N(Cc2ccccc2)c2ccc(F)cc23)cc1. The highest BCUT2D eigenvalue weighted by Gasteiger charge is 2.55. The molecule has 0 bridgehead atoms. The molecule has 2 amide bonds. The van der Waals surface area contributed by atoms with Gasteiger partial charge in [-0.3, -0.25) is 9.59 Å². The van der Waals surface area contributed by atoms with Crippen LogP contribution in [0.15, 0.2) is 114 Å². The maximum absolute atomic E-state index is 14.7. The molecule has 4 aromatic carbocycles. The van der Waals surface area contributed by atoms with E-state index in [-0.39, 0.29) is 17.1 Å². The smallest absolute Gasteiger partial charge is 0.270 e. The van der Waals surface area contributed by atoms with Crippen molar-refractivity contribution in [3.05, 3.63) is 137 Å². The lowest BCUT2D eigenvalue weighted by molar-refractivity contribution is -0.131. The third-order valence-corrected chi connectivity index (χ3v) is 9.18. The van der Waals surface area contributed by atoms with E-state index in [4.69, 9.17) is 0 Å². The van der Waals surface area contributed by atoms with Gasteiger partial charge in [0.15, 0.2) is 0 Å². The number of anilines is 1. The summed E-state index contributed by atoms with van der Waals surface area (Å²) in [6, 6.07) is 28.3. The third kappa shape index (κ3) is 4.12. The number of rotatable bonds is 5. The molecule has 4 aromatic rings. The highest BCUT2D eigenvalue weighted by Crippen LogP contribution is 2.50. The molecule has 6 rings (SSSR count). The summed E-state index contributed by atoms with van der Waals surface area (Å²) >= 11 is 0. The molecule has 1 spiro atoms. The zero-order valence-corrected chi connectivity index (χ0v) is 22.4. The van der Waals surface area contributed by atoms with E-state index in [2.05, 4.69) is 0 Å². The monoisotopic (exact) mass is 552 g/mol. The lowest BCUT2D eigenvalue weighted by atomic mass is 9.75. The molecule has 0 aliphatic carbocycles. The van der Waals surface area contributed by atoms with Crippen LogP contribution in [-0.4, -0.2) is 24.5 Å². The van der Waals surface area contributed by atoms with Gasteiger partial charge in [0.05, 0.1) is 23.6 Å². The van der Waals surface area contributed by atoms with Crippen molar-refractivity contribution in [2.45, 2.75) is 30.2 Å². The molecule has 2 aliphatic heterocycles. The number of hydrogen-bond acceptors (Lipinski definition) is 4. The van der Waals surface area contributed by atoms with Crippen LogP contribution in [0.4, 0.5) is 10.1 Å². The quantitative estimate of drug-likeness (QED) is 0.324. The second kappa shape index (κ2) is 9.57. The fraction of sp³-hybridized carbons (Fsp3) is 0.125. The van der Waals surface area contributed by atoms with Crippen LogP contribution >= 0.6 is 0 Å². The maximum Gasteiger partial charge on any atom is 0.270 e. The van der Waals surface area contributed by atoms with Gasteiger partial charge in [-0.25, -0.2) is 17.1 Å². The van der Waals surface area contributed by atoms with Gasteiger partial charge in [-0.05, 0) is 60.0 Å². The summed E-state index contributed by atoms with van der Waals surface area (Å²) in [6.45, 7) is 2.05. The second-order valence-corrected chi connectivity index (χ2v) is 11.8. The van der Waals surface area contributed by atoms with Crippen LogP contribution in [0, 0.1) is 12.7 Å². The molecule has 0 fully saturated rings. The van der Waals surface area contributed by atoms with Gasteiger partial charge in [0.2, 0.25) is 11.8 Å². The normalized spacial score (nSPS) is 18.7. The Hall–Kier alpha value is -4.56. The molecule has 200 valence electrons. The van der Waals surface area contributed by atoms with E-state index in [1.807, 2.05) is 37.3 Å². The molecule has 2 aliphatic rings. The minimum atomic E-state index is -4.32. The molecule has 1 atom stereocenters. The van der Waals surface area contributed by atoms with Crippen molar-refractivity contribution in [3.8, 4) is 0 Å². The van der Waals surface area contributed by atoms with E-state index in [0.717, 1.165) is 15.4 Å². The fourth-order valence-corrected chi connectivity index (χ4v) is 6.92. The number of carbonyl (C=O) groups is 2. The van der Waals surface area contributed by atoms with Gasteiger partial charge < -0.3 is 4.90 Å². The molecule has 0 unspecified atom stereocenters. The van der Waals surface area contributed by atoms with Crippen molar-refractivity contribution < 1.29 is 22.4 Å². The lowest BCUT2D eigenvalue weighted by Gasteiger charge is -2.36. The van der Waals surface area contributed by atoms with Gasteiger partial charge in [-0.1, -0.05) is 78.4 Å². The van der Waals surface area contributed by atoms with Crippen LogP contribution in [0.25, 0.3) is 5.70 Å². The van der Waals surface area contributed by atoms with Gasteiger partial charge in [0, 0.05) is 5.69 Å². The highest BCUT2D eigenvalue weighted by molar-refractivity contribution is 7.90. The predicted octanol–water partition coefficient (Wildman–Crippen LogP) is 5.58. The Morgan fingerprint density at radius 2 is 1.50 bits per heavy atom. The molecule has 40 heavy (non-hydrogen) atoms. The number of sulfonamides is 1. The first kappa shape index (κ1) is 25.7. The number of aryl methyl sites for hydroxylation is 1. The Morgan fingerprint density at radius 1 is 0.850 bits per heavy atom. The van der Waals surface area contributed by atoms with Gasteiger partial charge >= 0.3 is 0 Å². The van der Waals surface area contributed by atoms with Crippen LogP contribution < -0.4 is 4.90 Å². The first-order valence-electron chi connectivity index (χ1n) is 12.8. The zero-order chi connectivity index (χ0) is 28.1. The Morgan fingerprint density at radius 3 is 2.17 bits per heavy atom. The average Bonchev–Trinajstić information content (AvgIpc) is 3.15. The van der Waals surface area contributed by atoms with Crippen molar-refractivity contribution in [2.75, 3.05) is 4.90 Å². The van der Waals surface area contributed by atoms with Crippen LogP contribution in [-0.2, 0) is 31.6 Å². The topological polar surface area (TPSA) is 74.8 Å². The Kier molecular flexibility index (Phi) is 6.15. The van der Waals surface area contributed by atoms with Crippen molar-refractivity contribution in [2.24, 2.45) is 0 Å². The number of fused-ring (bicyclic) bond motifs is 2. The highest BCUT2D eigenvalue weighted by atomic mass is 32.2. The van der Waals surface area contributed by atoms with E-state index in [9.17, 15) is 22.4 Å². The predicted molar refractivity (Wildman–Crippen MR) is 150 cm³/mol. The molecule has 8 heteroatoms. The average molecular weight is 553 g/mol. The Balaban J connectivity index is 1.56. The number of carbonyl (C=O) groups excluding carboxylic acids is 2. The zero-order valence-electron chi connectivity index (χ0n) is 21.6. The number of halogens is 1. The van der Waals surface area contributed by atoms with E-state index in [0.29, 0.717) is 16.8 Å². The number of hydrogen-bond donors (Lipinski definition) is 0. The Bertz CT molecular complexity index is 1770. The first-order chi connectivity index (χ1) is 19.2. The molecular weight excluding hydrogens is 527 g/mol. The molecule has 6 nitrogen and oxygen atoms in total. The van der Waals surface area contributed by atoms with E-state index in [1.54, 1.807) is 47.4 Å². The summed E-state index contributed by atoms with van der Waals surface area (Å²) in [6.07, 6.45) is 1.07. The minimum Gasteiger partial charge on any atom is -0.307 e. The van der Waals surface area contributed by atoms with Crippen LogP contribution in [0.3, 0.4) is 0 Å². The van der Waals surface area contributed by atoms with Gasteiger partial charge in [0.1, 0.15) is 11.2 Å². The Labute approximate surface area is 232 Å². The van der Waals surface area contributed by atoms with Crippen LogP contribution in [0.2, 0.25) is 0 Å². The maximum atomic E-state index is 14.7. The summed E-state index contributed by atoms with van der Waals surface area (Å²) in [5.74, 6) is -1.73. The molecule has 0 radical (unpaired) electrons. The van der Waals surface area contributed by atoms with E-state index in [1.165, 1.54) is 36.4 Å². The molecule has 0 saturated carbocycles. The van der Waals surface area contributed by atoms with Crippen molar-refractivity contribution in [1.29, 1.82) is 0 Å². The largest absolute Gasteiger partial charge is 0.307 e. The number of nitrogens with zero attached hydrogens (tertiary/aromatic N) is 2. The lowest BCUT2D eigenvalue weighted by Crippen LogP contribution is -2.48. The summed E-state index contributed by atoms with van der Waals surface area (Å²) in [5, 5.41) is 0. The van der Waals surface area contributed by atoms with Crippen molar-refractivity contribution in [3.63, 3.8) is 0 Å². The summed E-state index contributed by atoms with van der Waals surface area (Å²) in [7, 11) is -4.32. The fourth-order valence-electron chi connectivity index (χ4n) is 5.48. The second-order valence-electron chi connectivity index (χ2n) is 10.1. The first-order valence-corrected chi connectivity index (χ1v) is 14.2. The molecule has 0 N–H and O–H groups in total. The third-order valence-electron chi connectivity index (χ3n) is 7.43. The molecular formula is C32H25FN2O4S. The minimum absolute atomic E-state index is 0.0425. The van der Waals surface area contributed by atoms with Crippen molar-refractivity contribution in [1.82, 2.24) is 4.31 Å². The standard InChI is InChI=1S/C32H25FN2O4S/c1-22-12-15-26(16-13-22)40(38,39)35-29(24-10-6-3-7-11-24)19-32(20-30(35)36)27-18-25(33)14-17-28(27)34(31(32)37)21-23-8-4-2-5-9-23/h2-19H,20-21H2,1H3/t32-/m0/s1. The number of amides is 2. The summed E-state index contributed by atoms with van der Waals surface area (Å²) in [4.78, 5) is 29.8. The molecule has 0 aromatic heterocycles. The summed E-state index contributed by atoms with van der Waals surface area (Å²) in [5.41, 5.74) is 1.48. The van der Waals surface area contributed by atoms with E-state index < -0.39 is 39.5 Å². The van der Waals surface area contributed by atoms with Crippen LogP contribution in [0.5, 0.6) is 0 Å². The van der Waals surface area contributed by atoms with Crippen molar-refractivity contribution >= 4 is 33.2 Å².